The van der Waals surface area contributed by atoms with Gasteiger partial charge in [-0.2, -0.15) is 5.26 Å². The highest BCUT2D eigenvalue weighted by Crippen LogP contribution is 1.97. The van der Waals surface area contributed by atoms with Crippen molar-refractivity contribution in [3.05, 3.63) is 0 Å². The number of nitriles is 1. The Bertz CT molecular complexity index is 241. The molecule has 1 amide bonds. The molecule has 1 atom stereocenters. The van der Waals surface area contributed by atoms with E-state index >= 15 is 0 Å². The van der Waals surface area contributed by atoms with E-state index in [1.54, 1.807) is 6.19 Å². The van der Waals surface area contributed by atoms with Gasteiger partial charge in [-0.15, -0.1) is 0 Å². The predicted octanol–water partition coefficient (Wildman–Crippen LogP) is -1.75. The number of hydrogen-bond donors (Lipinski definition) is 3. The first-order valence-corrected chi connectivity index (χ1v) is 2.93. The van der Waals surface area contributed by atoms with Gasteiger partial charge in [0.2, 0.25) is 11.9 Å². The van der Waals surface area contributed by atoms with Gasteiger partial charge in [-0.05, 0) is 0 Å². The van der Waals surface area contributed by atoms with Crippen molar-refractivity contribution in [1.29, 1.82) is 5.26 Å². The number of amides is 1. The number of carbonyl (C=O) groups is 1. The van der Waals surface area contributed by atoms with Gasteiger partial charge in [0.1, 0.15) is 0 Å². The largest absolute Gasteiger partial charge is 0.371 e. The second-order valence-electron chi connectivity index (χ2n) is 1.95. The lowest BCUT2D eigenvalue weighted by atomic mass is 10.3. The minimum Gasteiger partial charge on any atom is -0.371 e. The molecule has 6 heteroatoms. The van der Waals surface area contributed by atoms with Crippen molar-refractivity contribution in [2.75, 3.05) is 0 Å². The molecule has 0 saturated heterocycles. The lowest BCUT2D eigenvalue weighted by Gasteiger charge is -2.14. The minimum absolute atomic E-state index is 0.00347. The number of guanidine groups is 1. The van der Waals surface area contributed by atoms with Crippen LogP contribution in [-0.2, 0) is 4.79 Å². The highest BCUT2D eigenvalue weighted by Gasteiger charge is 2.17. The smallest absolute Gasteiger partial charge is 0.231 e. The molecular weight excluding hydrogens is 148 g/mol. The third-order valence-electron chi connectivity index (χ3n) is 1.08. The Labute approximate surface area is 62.5 Å². The van der Waals surface area contributed by atoms with Gasteiger partial charge in [0, 0.05) is 0 Å². The number of carbonyl (C=O) groups excluding carboxylic acids is 1. The average molecular weight is 154 g/mol. The molecule has 1 rings (SSSR count). The molecule has 3 N–H and O–H groups in total. The summed E-state index contributed by atoms with van der Waals surface area (Å²) < 4.78 is 0. The van der Waals surface area contributed by atoms with Gasteiger partial charge in [0.15, 0.2) is 12.4 Å². The zero-order valence-corrected chi connectivity index (χ0v) is 5.53. The summed E-state index contributed by atoms with van der Waals surface area (Å²) in [6.07, 6.45) is 0.471. The van der Waals surface area contributed by atoms with E-state index < -0.39 is 6.23 Å². The van der Waals surface area contributed by atoms with Crippen molar-refractivity contribution in [3.63, 3.8) is 0 Å². The third kappa shape index (κ3) is 1.91. The lowest BCUT2D eigenvalue weighted by Crippen LogP contribution is -2.44. The van der Waals surface area contributed by atoms with E-state index in [1.165, 1.54) is 0 Å². The zero-order chi connectivity index (χ0) is 8.27. The first-order valence-electron chi connectivity index (χ1n) is 2.93. The van der Waals surface area contributed by atoms with Crippen molar-refractivity contribution in [2.45, 2.75) is 12.6 Å². The lowest BCUT2D eigenvalue weighted by molar-refractivity contribution is -0.122. The Balaban J connectivity index is 2.65. The molecule has 0 saturated carbocycles. The fourth-order valence-corrected chi connectivity index (χ4v) is 0.692. The normalized spacial score (nSPS) is 23.1. The maximum Gasteiger partial charge on any atom is 0.231 e. The van der Waals surface area contributed by atoms with E-state index in [4.69, 9.17) is 10.4 Å². The molecule has 0 aliphatic carbocycles. The second kappa shape index (κ2) is 2.98. The number of nitrogens with one attached hydrogen (secondary N) is 2. The summed E-state index contributed by atoms with van der Waals surface area (Å²) in [5.74, 6) is -0.360. The van der Waals surface area contributed by atoms with E-state index in [0.29, 0.717) is 0 Å². The van der Waals surface area contributed by atoms with Crippen LogP contribution in [0.2, 0.25) is 0 Å². The van der Waals surface area contributed by atoms with Gasteiger partial charge >= 0.3 is 0 Å². The van der Waals surface area contributed by atoms with E-state index in [1.807, 2.05) is 0 Å². The molecule has 0 aromatic carbocycles. The second-order valence-corrected chi connectivity index (χ2v) is 1.95. The maximum atomic E-state index is 10.7. The molecule has 0 radical (unpaired) electrons. The predicted molar refractivity (Wildman–Crippen MR) is 35.0 cm³/mol. The number of aliphatic imine (C=N–C) groups is 1. The van der Waals surface area contributed by atoms with Crippen LogP contribution < -0.4 is 10.6 Å². The van der Waals surface area contributed by atoms with E-state index in [2.05, 4.69) is 15.6 Å². The molecule has 1 unspecified atom stereocenters. The summed E-state index contributed by atoms with van der Waals surface area (Å²) >= 11 is 0. The van der Waals surface area contributed by atoms with E-state index in [-0.39, 0.29) is 18.3 Å². The topological polar surface area (TPSA) is 97.5 Å². The number of nitrogens with zero attached hydrogens (tertiary/aromatic N) is 2. The highest BCUT2D eigenvalue weighted by molar-refractivity contribution is 5.99. The molecule has 0 aromatic heterocycles. The van der Waals surface area contributed by atoms with Crippen LogP contribution in [0.25, 0.3) is 0 Å². The monoisotopic (exact) mass is 154 g/mol. The van der Waals surface area contributed by atoms with Gasteiger partial charge in [-0.25, -0.2) is 4.99 Å². The fourth-order valence-electron chi connectivity index (χ4n) is 0.692. The quantitative estimate of drug-likeness (QED) is 0.284. The van der Waals surface area contributed by atoms with Crippen molar-refractivity contribution in [2.24, 2.45) is 4.99 Å². The number of rotatable bonds is 0. The molecule has 0 spiro atoms. The summed E-state index contributed by atoms with van der Waals surface area (Å²) in [5.41, 5.74) is 0. The molecule has 0 aromatic rings. The van der Waals surface area contributed by atoms with Gasteiger partial charge in [0.05, 0.1) is 6.42 Å². The third-order valence-corrected chi connectivity index (χ3v) is 1.08. The Hall–Kier alpha value is -1.61. The number of aliphatic hydroxyl groups excluding tert-OH is 1. The van der Waals surface area contributed by atoms with Crippen molar-refractivity contribution >= 4 is 11.9 Å². The Morgan fingerprint density at radius 2 is 2.64 bits per heavy atom. The average Bonchev–Trinajstić information content (AvgIpc) is 1.85. The van der Waals surface area contributed by atoms with Gasteiger partial charge in [0.25, 0.3) is 0 Å². The minimum atomic E-state index is -1.04. The summed E-state index contributed by atoms with van der Waals surface area (Å²) in [7, 11) is 0. The van der Waals surface area contributed by atoms with Crippen molar-refractivity contribution < 1.29 is 9.90 Å². The van der Waals surface area contributed by atoms with Crippen LogP contribution in [0.15, 0.2) is 4.99 Å². The van der Waals surface area contributed by atoms with Crippen LogP contribution in [0.5, 0.6) is 0 Å². The molecule has 6 nitrogen and oxygen atoms in total. The van der Waals surface area contributed by atoms with Crippen molar-refractivity contribution in [1.82, 2.24) is 10.6 Å². The maximum absolute atomic E-state index is 10.7. The molecule has 1 heterocycles. The fraction of sp³-hybridized carbons (Fsp3) is 0.400. The van der Waals surface area contributed by atoms with Crippen LogP contribution in [0.4, 0.5) is 0 Å². The van der Waals surface area contributed by atoms with Crippen LogP contribution in [0.3, 0.4) is 0 Å². The number of aliphatic hydroxyl groups is 1. The molecule has 1 aliphatic heterocycles. The van der Waals surface area contributed by atoms with Crippen LogP contribution in [-0.4, -0.2) is 23.2 Å². The van der Waals surface area contributed by atoms with Gasteiger partial charge < -0.3 is 5.11 Å². The van der Waals surface area contributed by atoms with Crippen LogP contribution in [0, 0.1) is 11.5 Å². The van der Waals surface area contributed by atoms with Gasteiger partial charge in [-0.3, -0.25) is 15.4 Å². The van der Waals surface area contributed by atoms with Crippen LogP contribution in [0.1, 0.15) is 6.42 Å². The molecule has 1 aliphatic rings. The van der Waals surface area contributed by atoms with E-state index in [9.17, 15) is 4.79 Å². The Kier molecular flexibility index (Phi) is 2.03. The first-order chi connectivity index (χ1) is 5.22. The first kappa shape index (κ1) is 7.50. The van der Waals surface area contributed by atoms with Gasteiger partial charge in [-0.1, -0.05) is 0 Å². The summed E-state index contributed by atoms with van der Waals surface area (Å²) in [5, 5.41) is 21.4. The molecule has 0 fully saturated rings. The highest BCUT2D eigenvalue weighted by atomic mass is 16.3. The number of hydrogen-bond acceptors (Lipinski definition) is 5. The molecule has 0 bridgehead atoms. The Morgan fingerprint density at radius 1 is 1.91 bits per heavy atom. The summed E-state index contributed by atoms with van der Waals surface area (Å²) in [4.78, 5) is 14.2. The SMILES string of the molecule is N#CNC1=NC(O)CC(=O)N1. The Morgan fingerprint density at radius 3 is 3.18 bits per heavy atom. The molecule has 11 heavy (non-hydrogen) atoms. The molecular formula is C5H6N4O2. The van der Waals surface area contributed by atoms with Crippen LogP contribution >= 0.6 is 0 Å². The summed E-state index contributed by atoms with van der Waals surface area (Å²) in [6.45, 7) is 0. The standard InChI is InChI=1S/C5H6N4O2/c6-2-7-5-8-3(10)1-4(11)9-5/h3,10H,1H2,(H2,7,8,9,11). The zero-order valence-electron chi connectivity index (χ0n) is 5.53. The summed E-state index contributed by atoms with van der Waals surface area (Å²) in [6, 6.07) is 0. The van der Waals surface area contributed by atoms with E-state index in [0.717, 1.165) is 0 Å². The molecule has 58 valence electrons. The van der Waals surface area contributed by atoms with Crippen molar-refractivity contribution in [3.8, 4) is 6.19 Å².